The molecule has 1 aromatic carbocycles. The van der Waals surface area contributed by atoms with Gasteiger partial charge in [0, 0.05) is 27.7 Å². The molecule has 0 aliphatic carbocycles. The number of halogens is 1. The van der Waals surface area contributed by atoms with E-state index in [2.05, 4.69) is 21.2 Å². The summed E-state index contributed by atoms with van der Waals surface area (Å²) in [5.74, 6) is -0.630. The van der Waals surface area contributed by atoms with Gasteiger partial charge in [0.15, 0.2) is 0 Å². The smallest absolute Gasteiger partial charge is 0.264 e. The minimum Gasteiger partial charge on any atom is -0.350 e. The van der Waals surface area contributed by atoms with E-state index < -0.39 is 10.0 Å². The highest BCUT2D eigenvalue weighted by atomic mass is 79.9. The Kier molecular flexibility index (Phi) is 7.15. The van der Waals surface area contributed by atoms with Crippen molar-refractivity contribution >= 4 is 49.1 Å². The van der Waals surface area contributed by atoms with Crippen LogP contribution in [0.3, 0.4) is 0 Å². The molecule has 1 heterocycles. The number of hydrogen-bond donors (Lipinski definition) is 1. The van der Waals surface area contributed by atoms with Crippen LogP contribution in [0.25, 0.3) is 0 Å². The molecular formula is C17H20BrN3O4S2. The highest BCUT2D eigenvalue weighted by Gasteiger charge is 2.21. The van der Waals surface area contributed by atoms with Crippen molar-refractivity contribution in [2.45, 2.75) is 11.4 Å². The quantitative estimate of drug-likeness (QED) is 0.667. The van der Waals surface area contributed by atoms with Gasteiger partial charge in [0.2, 0.25) is 15.9 Å². The maximum atomic E-state index is 12.4. The van der Waals surface area contributed by atoms with E-state index in [4.69, 9.17) is 0 Å². The van der Waals surface area contributed by atoms with E-state index in [1.165, 1.54) is 36.4 Å². The fourth-order valence-electron chi connectivity index (χ4n) is 2.25. The molecule has 0 radical (unpaired) electrons. The summed E-state index contributed by atoms with van der Waals surface area (Å²) in [5, 5.41) is 2.67. The van der Waals surface area contributed by atoms with Gasteiger partial charge in [0.05, 0.1) is 20.1 Å². The molecule has 2 aromatic rings. The third-order valence-corrected chi connectivity index (χ3v) is 7.25. The Hall–Kier alpha value is -1.75. The molecule has 0 spiro atoms. The first-order valence-corrected chi connectivity index (χ1v) is 11.0. The van der Waals surface area contributed by atoms with E-state index in [0.29, 0.717) is 10.4 Å². The molecule has 2 amide bonds. The summed E-state index contributed by atoms with van der Waals surface area (Å²) in [7, 11) is 0.836. The standard InChI is InChI=1S/C17H20BrN3O4S2/c1-20(2)27(24,25)14-7-5-4-6-12(14)10-19-16(22)11-21(3)17(23)13-8-9-15(18)26-13/h4-9H,10-11H2,1-3H3,(H,19,22). The molecular weight excluding hydrogens is 454 g/mol. The number of thiophene rings is 1. The van der Waals surface area contributed by atoms with Crippen molar-refractivity contribution in [3.05, 3.63) is 50.6 Å². The van der Waals surface area contributed by atoms with Crippen LogP contribution in [0.1, 0.15) is 15.2 Å². The molecule has 1 aromatic heterocycles. The fourth-order valence-corrected chi connectivity index (χ4v) is 4.75. The Morgan fingerprint density at radius 3 is 2.37 bits per heavy atom. The molecule has 0 saturated carbocycles. The Morgan fingerprint density at radius 2 is 1.78 bits per heavy atom. The van der Waals surface area contributed by atoms with Gasteiger partial charge in [-0.25, -0.2) is 12.7 Å². The maximum Gasteiger partial charge on any atom is 0.264 e. The normalized spacial score (nSPS) is 11.4. The highest BCUT2D eigenvalue weighted by Crippen LogP contribution is 2.23. The van der Waals surface area contributed by atoms with Crippen LogP contribution < -0.4 is 5.32 Å². The van der Waals surface area contributed by atoms with Crippen LogP contribution >= 0.6 is 27.3 Å². The van der Waals surface area contributed by atoms with Gasteiger partial charge in [-0.3, -0.25) is 9.59 Å². The number of benzene rings is 1. The number of hydrogen-bond acceptors (Lipinski definition) is 5. The largest absolute Gasteiger partial charge is 0.350 e. The monoisotopic (exact) mass is 473 g/mol. The molecule has 10 heteroatoms. The Balaban J connectivity index is 2.01. The van der Waals surface area contributed by atoms with E-state index >= 15 is 0 Å². The molecule has 1 N–H and O–H groups in total. The van der Waals surface area contributed by atoms with E-state index in [1.807, 2.05) is 0 Å². The topological polar surface area (TPSA) is 86.8 Å². The minimum atomic E-state index is -3.61. The predicted molar refractivity (Wildman–Crippen MR) is 108 cm³/mol. The van der Waals surface area contributed by atoms with E-state index in [1.54, 1.807) is 37.4 Å². The summed E-state index contributed by atoms with van der Waals surface area (Å²) in [6.45, 7) is -0.0778. The Labute approximate surface area is 171 Å². The molecule has 0 aliphatic rings. The van der Waals surface area contributed by atoms with Crippen molar-refractivity contribution in [1.82, 2.24) is 14.5 Å². The van der Waals surface area contributed by atoms with Crippen LogP contribution in [0.2, 0.25) is 0 Å². The van der Waals surface area contributed by atoms with Crippen molar-refractivity contribution in [2.24, 2.45) is 0 Å². The fraction of sp³-hybridized carbons (Fsp3) is 0.294. The number of likely N-dealkylation sites (N-methyl/N-ethyl adjacent to an activating group) is 1. The summed E-state index contributed by atoms with van der Waals surface area (Å²) >= 11 is 4.59. The van der Waals surface area contributed by atoms with Gasteiger partial charge in [0.25, 0.3) is 5.91 Å². The molecule has 0 bridgehead atoms. The minimum absolute atomic E-state index is 0.0503. The number of carbonyl (C=O) groups excluding carboxylic acids is 2. The molecule has 0 atom stereocenters. The van der Waals surface area contributed by atoms with Gasteiger partial charge in [-0.2, -0.15) is 0 Å². The first-order valence-electron chi connectivity index (χ1n) is 7.91. The number of amides is 2. The van der Waals surface area contributed by atoms with Gasteiger partial charge >= 0.3 is 0 Å². The zero-order chi connectivity index (χ0) is 20.2. The highest BCUT2D eigenvalue weighted by molar-refractivity contribution is 9.11. The summed E-state index contributed by atoms with van der Waals surface area (Å²) in [5.41, 5.74) is 0.482. The third kappa shape index (κ3) is 5.38. The zero-order valence-corrected chi connectivity index (χ0v) is 18.3. The van der Waals surface area contributed by atoms with E-state index in [0.717, 1.165) is 8.09 Å². The summed E-state index contributed by atoms with van der Waals surface area (Å²) in [6.07, 6.45) is 0. The number of rotatable bonds is 7. The average molecular weight is 474 g/mol. The van der Waals surface area contributed by atoms with Gasteiger partial charge in [-0.1, -0.05) is 18.2 Å². The van der Waals surface area contributed by atoms with Crippen molar-refractivity contribution in [3.63, 3.8) is 0 Å². The number of carbonyl (C=O) groups is 2. The summed E-state index contributed by atoms with van der Waals surface area (Å²) in [6, 6.07) is 9.95. The Morgan fingerprint density at radius 1 is 1.11 bits per heavy atom. The first kappa shape index (κ1) is 21.5. The average Bonchev–Trinajstić information content (AvgIpc) is 3.05. The van der Waals surface area contributed by atoms with Crippen molar-refractivity contribution in [1.29, 1.82) is 0 Å². The van der Waals surface area contributed by atoms with Crippen molar-refractivity contribution in [2.75, 3.05) is 27.7 Å². The molecule has 0 unspecified atom stereocenters. The van der Waals surface area contributed by atoms with Gasteiger partial charge in [-0.05, 0) is 39.7 Å². The second-order valence-electron chi connectivity index (χ2n) is 5.94. The molecule has 27 heavy (non-hydrogen) atoms. The molecule has 7 nitrogen and oxygen atoms in total. The number of nitrogens with one attached hydrogen (secondary N) is 1. The predicted octanol–water partition coefficient (Wildman–Crippen LogP) is 2.15. The maximum absolute atomic E-state index is 12.4. The van der Waals surface area contributed by atoms with Crippen LogP contribution in [-0.4, -0.2) is 57.1 Å². The van der Waals surface area contributed by atoms with Crippen LogP contribution in [-0.2, 0) is 21.4 Å². The molecule has 146 valence electrons. The lowest BCUT2D eigenvalue weighted by Crippen LogP contribution is -2.38. The number of nitrogens with zero attached hydrogens (tertiary/aromatic N) is 2. The van der Waals surface area contributed by atoms with Crippen molar-refractivity contribution < 1.29 is 18.0 Å². The Bertz CT molecular complexity index is 941. The lowest BCUT2D eigenvalue weighted by molar-refractivity contribution is -0.121. The van der Waals surface area contributed by atoms with E-state index in [9.17, 15) is 18.0 Å². The second-order valence-corrected chi connectivity index (χ2v) is 10.5. The lowest BCUT2D eigenvalue weighted by Gasteiger charge is -2.17. The molecule has 0 fully saturated rings. The van der Waals surface area contributed by atoms with Crippen LogP contribution in [0.5, 0.6) is 0 Å². The molecule has 0 aliphatic heterocycles. The van der Waals surface area contributed by atoms with Crippen LogP contribution in [0, 0.1) is 0 Å². The molecule has 0 saturated heterocycles. The third-order valence-electron chi connectivity index (χ3n) is 3.72. The lowest BCUT2D eigenvalue weighted by atomic mass is 10.2. The summed E-state index contributed by atoms with van der Waals surface area (Å²) in [4.78, 5) is 26.5. The summed E-state index contributed by atoms with van der Waals surface area (Å²) < 4.78 is 26.7. The van der Waals surface area contributed by atoms with Crippen LogP contribution in [0.15, 0.2) is 45.1 Å². The van der Waals surface area contributed by atoms with Gasteiger partial charge < -0.3 is 10.2 Å². The molecule has 2 rings (SSSR count). The zero-order valence-electron chi connectivity index (χ0n) is 15.1. The van der Waals surface area contributed by atoms with Crippen molar-refractivity contribution in [3.8, 4) is 0 Å². The van der Waals surface area contributed by atoms with Gasteiger partial charge in [0.1, 0.15) is 0 Å². The SMILES string of the molecule is CN(CC(=O)NCc1ccccc1S(=O)(=O)N(C)C)C(=O)c1ccc(Br)s1. The number of sulfonamides is 1. The second kappa shape index (κ2) is 8.96. The van der Waals surface area contributed by atoms with E-state index in [-0.39, 0.29) is 29.8 Å². The van der Waals surface area contributed by atoms with Crippen LogP contribution in [0.4, 0.5) is 0 Å². The van der Waals surface area contributed by atoms with Gasteiger partial charge in [-0.15, -0.1) is 11.3 Å². The first-order chi connectivity index (χ1) is 12.6.